The lowest BCUT2D eigenvalue weighted by molar-refractivity contribution is 0.572. The van der Waals surface area contributed by atoms with Crippen LogP contribution in [-0.4, -0.2) is 0 Å². The number of hydrogen-bond acceptors (Lipinski definition) is 5. The minimum Gasteiger partial charge on any atom is -0.456 e. The molecule has 0 unspecified atom stereocenters. The largest absolute Gasteiger partial charge is 0.456 e. The molecule has 12 rings (SSSR count). The zero-order valence-corrected chi connectivity index (χ0v) is 41.1. The lowest BCUT2D eigenvalue weighted by Crippen LogP contribution is -2.11. The van der Waals surface area contributed by atoms with E-state index >= 15 is 0 Å². The summed E-state index contributed by atoms with van der Waals surface area (Å²) < 4.78 is 21.3. The van der Waals surface area contributed by atoms with E-state index in [4.69, 9.17) is 13.3 Å². The minimum absolute atomic E-state index is 0.0931. The highest BCUT2D eigenvalue weighted by Crippen LogP contribution is 2.50. The molecule has 9 aromatic carbocycles. The van der Waals surface area contributed by atoms with Gasteiger partial charge in [0.05, 0.1) is 22.7 Å². The lowest BCUT2D eigenvalue weighted by Gasteiger charge is -2.27. The van der Waals surface area contributed by atoms with E-state index in [-0.39, 0.29) is 10.8 Å². The van der Waals surface area contributed by atoms with Crippen LogP contribution < -0.4 is 9.80 Å². The first-order valence-electron chi connectivity index (χ1n) is 24.1. The third-order valence-electron chi connectivity index (χ3n) is 14.0. The van der Waals surface area contributed by atoms with Gasteiger partial charge in [-0.15, -0.1) is 0 Å². The Morgan fingerprint density at radius 3 is 1.29 bits per heavy atom. The topological polar surface area (TPSA) is 45.9 Å². The molecule has 0 N–H and O–H groups in total. The maximum absolute atomic E-state index is 7.16. The van der Waals surface area contributed by atoms with E-state index in [2.05, 4.69) is 237 Å². The Morgan fingerprint density at radius 1 is 0.319 bits per heavy atom. The number of nitrogens with zero attached hydrogens (tertiary/aromatic N) is 2. The van der Waals surface area contributed by atoms with E-state index in [0.717, 1.165) is 111 Å². The van der Waals surface area contributed by atoms with Gasteiger partial charge in [-0.05, 0) is 115 Å². The van der Waals surface area contributed by atoms with Gasteiger partial charge in [-0.2, -0.15) is 0 Å². The van der Waals surface area contributed by atoms with Gasteiger partial charge in [-0.3, -0.25) is 0 Å². The fourth-order valence-corrected chi connectivity index (χ4v) is 11.1. The smallest absolute Gasteiger partial charge is 0.159 e. The molecule has 0 aliphatic carbocycles. The number of aryl methyl sites for hydroxylation is 4. The van der Waals surface area contributed by atoms with Crippen molar-refractivity contribution in [3.8, 4) is 0 Å². The van der Waals surface area contributed by atoms with Crippen LogP contribution in [0.5, 0.6) is 0 Å². The highest BCUT2D eigenvalue weighted by molar-refractivity contribution is 6.23. The van der Waals surface area contributed by atoms with Crippen molar-refractivity contribution in [1.29, 1.82) is 0 Å². The highest BCUT2D eigenvalue weighted by Gasteiger charge is 2.28. The number of furan rings is 3. The minimum atomic E-state index is -0.101. The van der Waals surface area contributed by atoms with Crippen LogP contribution in [0.1, 0.15) is 74.9 Å². The van der Waals surface area contributed by atoms with E-state index < -0.39 is 0 Å². The number of anilines is 6. The Morgan fingerprint density at radius 2 is 0.768 bits per heavy atom. The number of benzene rings is 9. The van der Waals surface area contributed by atoms with Gasteiger partial charge in [0.15, 0.2) is 11.2 Å². The second-order valence-electron chi connectivity index (χ2n) is 21.3. The second kappa shape index (κ2) is 15.4. The molecule has 0 saturated heterocycles. The van der Waals surface area contributed by atoms with E-state index in [1.54, 1.807) is 0 Å². The van der Waals surface area contributed by atoms with Gasteiger partial charge < -0.3 is 23.1 Å². The molecule has 340 valence electrons. The molecule has 0 radical (unpaired) electrons. The fourth-order valence-electron chi connectivity index (χ4n) is 11.1. The third kappa shape index (κ3) is 6.89. The average Bonchev–Trinajstić information content (AvgIpc) is 4.00. The molecular formula is C64H56N2O3. The molecule has 69 heavy (non-hydrogen) atoms. The SMILES string of the molecule is Cc1cc(C)cc(N(c2ccc3c(c2)oc2cc(N(c4cc(C)cc(C)c4)c4cccc5c4oc4c(C(C)(C)C)cccc45)c4ccccc4c23)c2cccc3c2oc2c(C(C)(C)C)cccc23)c1. The molecular weight excluding hydrogens is 845 g/mol. The van der Waals surface area contributed by atoms with Crippen LogP contribution in [0.2, 0.25) is 0 Å². The molecule has 0 bridgehead atoms. The van der Waals surface area contributed by atoms with E-state index in [0.29, 0.717) is 0 Å². The van der Waals surface area contributed by atoms with Crippen molar-refractivity contribution >= 4 is 111 Å². The normalized spacial score (nSPS) is 12.5. The van der Waals surface area contributed by atoms with Gasteiger partial charge in [-0.25, -0.2) is 0 Å². The molecule has 0 fully saturated rings. The van der Waals surface area contributed by atoms with Gasteiger partial charge in [-0.1, -0.05) is 139 Å². The number of fused-ring (bicyclic) bond motifs is 11. The number of hydrogen-bond donors (Lipinski definition) is 0. The summed E-state index contributed by atoms with van der Waals surface area (Å²) in [4.78, 5) is 4.71. The monoisotopic (exact) mass is 900 g/mol. The maximum Gasteiger partial charge on any atom is 0.159 e. The first-order valence-corrected chi connectivity index (χ1v) is 24.1. The molecule has 5 heteroatoms. The average molecular weight is 901 g/mol. The van der Waals surface area contributed by atoms with Crippen LogP contribution in [0, 0.1) is 27.7 Å². The Hall–Kier alpha value is -7.76. The lowest BCUT2D eigenvalue weighted by atomic mass is 9.86. The molecule has 0 aliphatic rings. The Bertz CT molecular complexity index is 4010. The van der Waals surface area contributed by atoms with Gasteiger partial charge in [0.2, 0.25) is 0 Å². The Balaban J connectivity index is 1.10. The van der Waals surface area contributed by atoms with Crippen LogP contribution in [-0.2, 0) is 10.8 Å². The van der Waals surface area contributed by atoms with Crippen molar-refractivity contribution in [3.63, 3.8) is 0 Å². The van der Waals surface area contributed by atoms with Gasteiger partial charge in [0.25, 0.3) is 0 Å². The van der Waals surface area contributed by atoms with Crippen molar-refractivity contribution < 1.29 is 13.3 Å². The van der Waals surface area contributed by atoms with Crippen molar-refractivity contribution in [2.75, 3.05) is 9.80 Å². The first-order chi connectivity index (χ1) is 33.1. The van der Waals surface area contributed by atoms with Crippen LogP contribution in [0.25, 0.3) is 76.6 Å². The molecule has 0 spiro atoms. The number of para-hydroxylation sites is 4. The van der Waals surface area contributed by atoms with Crippen LogP contribution >= 0.6 is 0 Å². The predicted octanol–water partition coefficient (Wildman–Crippen LogP) is 19.3. The predicted molar refractivity (Wildman–Crippen MR) is 291 cm³/mol. The van der Waals surface area contributed by atoms with E-state index in [1.165, 1.54) is 33.4 Å². The highest BCUT2D eigenvalue weighted by atomic mass is 16.3. The zero-order valence-electron chi connectivity index (χ0n) is 41.1. The van der Waals surface area contributed by atoms with Gasteiger partial charge >= 0.3 is 0 Å². The summed E-state index contributed by atoms with van der Waals surface area (Å²) in [6.07, 6.45) is 0. The molecule has 12 aromatic rings. The maximum atomic E-state index is 7.16. The van der Waals surface area contributed by atoms with Crippen LogP contribution in [0.15, 0.2) is 171 Å². The van der Waals surface area contributed by atoms with Crippen LogP contribution in [0.4, 0.5) is 34.1 Å². The van der Waals surface area contributed by atoms with Gasteiger partial charge in [0, 0.05) is 72.3 Å². The summed E-state index contributed by atoms with van der Waals surface area (Å²) in [5.74, 6) is 0. The summed E-state index contributed by atoms with van der Waals surface area (Å²) in [7, 11) is 0. The molecule has 5 nitrogen and oxygen atoms in total. The summed E-state index contributed by atoms with van der Waals surface area (Å²) in [5.41, 5.74) is 18.1. The van der Waals surface area contributed by atoms with Crippen molar-refractivity contribution in [2.45, 2.75) is 80.1 Å². The van der Waals surface area contributed by atoms with Crippen LogP contribution in [0.3, 0.4) is 0 Å². The van der Waals surface area contributed by atoms with Crippen molar-refractivity contribution in [1.82, 2.24) is 0 Å². The van der Waals surface area contributed by atoms with Crippen molar-refractivity contribution in [2.24, 2.45) is 0 Å². The van der Waals surface area contributed by atoms with Crippen molar-refractivity contribution in [3.05, 3.63) is 191 Å². The third-order valence-corrected chi connectivity index (χ3v) is 14.0. The summed E-state index contributed by atoms with van der Waals surface area (Å²) >= 11 is 0. The molecule has 0 amide bonds. The standard InChI is InChI=1S/C64H56N2O3/c1-37-29-38(2)32-42(31-37)65(53-25-15-21-48-46-19-13-23-51(63(5,6)7)59(46)68-61(48)53)41-27-28-50-56(35-41)67-57-36-55(44-17-11-12-18-45(44)58(50)57)66(43-33-39(3)30-40(4)34-43)54-26-16-22-49-47-20-14-24-52(64(8,9)10)60(47)69-62(49)54/h11-36H,1-10H3. The second-order valence-corrected chi connectivity index (χ2v) is 21.3. The quantitative estimate of drug-likeness (QED) is 0.166. The first kappa shape index (κ1) is 42.6. The molecule has 0 atom stereocenters. The fraction of sp³-hybridized carbons (Fsp3) is 0.188. The summed E-state index contributed by atoms with van der Waals surface area (Å²) in [6.45, 7) is 22.2. The van der Waals surface area contributed by atoms with E-state index in [1.807, 2.05) is 0 Å². The van der Waals surface area contributed by atoms with E-state index in [9.17, 15) is 0 Å². The summed E-state index contributed by atoms with van der Waals surface area (Å²) in [6, 6.07) is 57.3. The Labute approximate surface area is 403 Å². The molecule has 3 heterocycles. The molecule has 0 aliphatic heterocycles. The summed E-state index contributed by atoms with van der Waals surface area (Å²) in [5, 5.41) is 8.79. The Kier molecular flexibility index (Phi) is 9.49. The molecule has 3 aromatic heterocycles. The molecule has 0 saturated carbocycles. The van der Waals surface area contributed by atoms with Gasteiger partial charge in [0.1, 0.15) is 22.3 Å². The zero-order chi connectivity index (χ0) is 47.7. The number of rotatable bonds is 6.